The zero-order chi connectivity index (χ0) is 19.1. The van der Waals surface area contributed by atoms with Gasteiger partial charge < -0.3 is 9.64 Å². The Hall–Kier alpha value is -2.71. The molecule has 0 radical (unpaired) electrons. The van der Waals surface area contributed by atoms with E-state index >= 15 is 0 Å². The van der Waals surface area contributed by atoms with Gasteiger partial charge in [0.2, 0.25) is 5.88 Å². The predicted octanol–water partition coefficient (Wildman–Crippen LogP) is 2.97. The van der Waals surface area contributed by atoms with Crippen LogP contribution < -0.4 is 10.1 Å². The Morgan fingerprint density at radius 2 is 2.11 bits per heavy atom. The number of anilines is 1. The molecule has 0 fully saturated rings. The summed E-state index contributed by atoms with van der Waals surface area (Å²) in [6, 6.07) is 11.6. The fourth-order valence-corrected chi connectivity index (χ4v) is 3.05. The molecule has 8 heteroatoms. The lowest BCUT2D eigenvalue weighted by Crippen LogP contribution is -2.18. The first kappa shape index (κ1) is 19.1. The summed E-state index contributed by atoms with van der Waals surface area (Å²) in [5.74, 6) is 0.200. The molecule has 1 amide bonds. The quantitative estimate of drug-likeness (QED) is 0.574. The largest absolute Gasteiger partial charge is 0.477 e. The van der Waals surface area contributed by atoms with E-state index in [4.69, 9.17) is 4.74 Å². The lowest BCUT2D eigenvalue weighted by Gasteiger charge is -2.08. The highest BCUT2D eigenvalue weighted by Gasteiger charge is 2.17. The normalized spacial score (nSPS) is 10.9. The van der Waals surface area contributed by atoms with Crippen LogP contribution in [0.15, 0.2) is 48.0 Å². The van der Waals surface area contributed by atoms with Crippen LogP contribution in [0, 0.1) is 0 Å². The van der Waals surface area contributed by atoms with Gasteiger partial charge in [-0.15, -0.1) is 16.4 Å². The molecule has 0 saturated carbocycles. The van der Waals surface area contributed by atoms with Crippen molar-refractivity contribution in [3.63, 3.8) is 0 Å². The van der Waals surface area contributed by atoms with Crippen molar-refractivity contribution in [3.8, 4) is 5.88 Å². The summed E-state index contributed by atoms with van der Waals surface area (Å²) in [5, 5.41) is 9.65. The minimum Gasteiger partial charge on any atom is -0.477 e. The van der Waals surface area contributed by atoms with E-state index in [1.165, 1.54) is 11.3 Å². The molecule has 0 atom stereocenters. The smallest absolute Gasteiger partial charge is 0.275 e. The van der Waals surface area contributed by atoms with Crippen molar-refractivity contribution < 1.29 is 9.53 Å². The molecule has 0 bridgehead atoms. The van der Waals surface area contributed by atoms with Crippen LogP contribution in [0.1, 0.15) is 22.5 Å². The topological polar surface area (TPSA) is 72.3 Å². The number of carbonyl (C=O) groups is 1. The number of ether oxygens (including phenoxy) is 1. The van der Waals surface area contributed by atoms with E-state index in [0.717, 1.165) is 18.5 Å². The number of rotatable bonds is 9. The first-order chi connectivity index (χ1) is 13.1. The first-order valence-corrected chi connectivity index (χ1v) is 9.60. The fourth-order valence-electron chi connectivity index (χ4n) is 2.53. The Kier molecular flexibility index (Phi) is 6.56. The second-order valence-electron chi connectivity index (χ2n) is 6.31. The maximum absolute atomic E-state index is 12.7. The van der Waals surface area contributed by atoms with Crippen molar-refractivity contribution in [3.05, 3.63) is 59.2 Å². The van der Waals surface area contributed by atoms with E-state index in [2.05, 4.69) is 20.3 Å². The Bertz CT molecular complexity index is 846. The number of nitrogens with zero attached hydrogens (tertiary/aromatic N) is 4. The lowest BCUT2D eigenvalue weighted by atomic mass is 10.2. The molecule has 27 heavy (non-hydrogen) atoms. The Labute approximate surface area is 162 Å². The Balaban J connectivity index is 1.74. The number of amides is 1. The molecule has 3 aromatic rings. The van der Waals surface area contributed by atoms with Crippen LogP contribution in [0.4, 0.5) is 5.13 Å². The number of hydrogen-bond acceptors (Lipinski definition) is 6. The van der Waals surface area contributed by atoms with Gasteiger partial charge in [-0.3, -0.25) is 14.8 Å². The molecule has 3 rings (SSSR count). The molecule has 0 aliphatic heterocycles. The van der Waals surface area contributed by atoms with Gasteiger partial charge in [0.15, 0.2) is 5.13 Å². The van der Waals surface area contributed by atoms with Crippen LogP contribution in [-0.2, 0) is 6.54 Å². The lowest BCUT2D eigenvalue weighted by molar-refractivity contribution is 0.101. The van der Waals surface area contributed by atoms with Gasteiger partial charge in [0.25, 0.3) is 5.91 Å². The molecule has 1 N–H and O–H groups in total. The molecule has 1 aromatic carbocycles. The molecule has 0 spiro atoms. The molecule has 0 aliphatic carbocycles. The summed E-state index contributed by atoms with van der Waals surface area (Å²) < 4.78 is 7.42. The van der Waals surface area contributed by atoms with Crippen LogP contribution in [0.5, 0.6) is 5.88 Å². The van der Waals surface area contributed by atoms with Gasteiger partial charge in [-0.1, -0.05) is 30.3 Å². The summed E-state index contributed by atoms with van der Waals surface area (Å²) in [6.07, 6.45) is 2.54. The van der Waals surface area contributed by atoms with Crippen molar-refractivity contribution in [1.29, 1.82) is 0 Å². The van der Waals surface area contributed by atoms with Gasteiger partial charge in [-0.05, 0) is 26.1 Å². The van der Waals surface area contributed by atoms with Crippen LogP contribution in [0.25, 0.3) is 0 Å². The molecular formula is C19H23N5O2S. The zero-order valence-corrected chi connectivity index (χ0v) is 16.3. The minimum absolute atomic E-state index is 0.253. The number of thiazole rings is 1. The molecule has 0 aliphatic rings. The monoisotopic (exact) mass is 385 g/mol. The van der Waals surface area contributed by atoms with Crippen LogP contribution in [0.2, 0.25) is 0 Å². The van der Waals surface area contributed by atoms with E-state index in [1.807, 2.05) is 49.8 Å². The minimum atomic E-state index is -0.253. The summed E-state index contributed by atoms with van der Waals surface area (Å²) in [6.45, 7) is 1.97. The molecular weight excluding hydrogens is 362 g/mol. The van der Waals surface area contributed by atoms with Crippen LogP contribution in [-0.4, -0.2) is 52.8 Å². The number of carbonyl (C=O) groups excluding carboxylic acids is 1. The molecule has 2 heterocycles. The molecule has 0 saturated heterocycles. The van der Waals surface area contributed by atoms with E-state index < -0.39 is 0 Å². The highest BCUT2D eigenvalue weighted by molar-refractivity contribution is 7.13. The van der Waals surface area contributed by atoms with Crippen molar-refractivity contribution in [1.82, 2.24) is 19.7 Å². The summed E-state index contributed by atoms with van der Waals surface area (Å²) in [7, 11) is 4.05. The van der Waals surface area contributed by atoms with Crippen molar-refractivity contribution >= 4 is 22.4 Å². The first-order valence-electron chi connectivity index (χ1n) is 8.72. The zero-order valence-electron chi connectivity index (χ0n) is 15.5. The average Bonchev–Trinajstić information content (AvgIpc) is 3.29. The van der Waals surface area contributed by atoms with Crippen LogP contribution >= 0.6 is 11.3 Å². The number of hydrogen-bond donors (Lipinski definition) is 1. The summed E-state index contributed by atoms with van der Waals surface area (Å²) >= 11 is 1.37. The second kappa shape index (κ2) is 9.29. The van der Waals surface area contributed by atoms with E-state index in [9.17, 15) is 4.79 Å². The third-order valence-electron chi connectivity index (χ3n) is 3.82. The van der Waals surface area contributed by atoms with Crippen molar-refractivity contribution in [2.45, 2.75) is 13.0 Å². The standard InChI is InChI=1S/C19H23N5O2S/c1-23(2)10-6-11-26-17-13-16(18(25)21-19-20-9-12-27-19)24(22-17)14-15-7-4-3-5-8-15/h3-5,7-9,12-13H,6,10-11,14H2,1-2H3,(H,20,21,25). The Morgan fingerprint density at radius 1 is 1.30 bits per heavy atom. The predicted molar refractivity (Wildman–Crippen MR) is 107 cm³/mol. The number of aromatic nitrogens is 3. The molecule has 142 valence electrons. The molecule has 0 unspecified atom stereocenters. The summed E-state index contributed by atoms with van der Waals surface area (Å²) in [5.41, 5.74) is 1.50. The van der Waals surface area contributed by atoms with E-state index in [-0.39, 0.29) is 5.91 Å². The highest BCUT2D eigenvalue weighted by atomic mass is 32.1. The number of benzene rings is 1. The van der Waals surface area contributed by atoms with Crippen LogP contribution in [0.3, 0.4) is 0 Å². The van der Waals surface area contributed by atoms with Gasteiger partial charge >= 0.3 is 0 Å². The third-order valence-corrected chi connectivity index (χ3v) is 4.51. The van der Waals surface area contributed by atoms with Gasteiger partial charge in [0.1, 0.15) is 5.69 Å². The maximum Gasteiger partial charge on any atom is 0.275 e. The van der Waals surface area contributed by atoms with Gasteiger partial charge in [0.05, 0.1) is 13.2 Å². The van der Waals surface area contributed by atoms with Crippen molar-refractivity contribution in [2.75, 3.05) is 32.6 Å². The Morgan fingerprint density at radius 3 is 2.81 bits per heavy atom. The average molecular weight is 385 g/mol. The molecule has 7 nitrogen and oxygen atoms in total. The molecule has 2 aromatic heterocycles. The van der Waals surface area contributed by atoms with E-state index in [0.29, 0.717) is 29.9 Å². The van der Waals surface area contributed by atoms with Gasteiger partial charge in [0, 0.05) is 24.2 Å². The summed E-state index contributed by atoms with van der Waals surface area (Å²) in [4.78, 5) is 18.9. The van der Waals surface area contributed by atoms with Crippen molar-refractivity contribution in [2.24, 2.45) is 0 Å². The van der Waals surface area contributed by atoms with Gasteiger partial charge in [-0.25, -0.2) is 4.98 Å². The van der Waals surface area contributed by atoms with Gasteiger partial charge in [-0.2, -0.15) is 0 Å². The SMILES string of the molecule is CN(C)CCCOc1cc(C(=O)Nc2nccs2)n(Cc2ccccc2)n1. The highest BCUT2D eigenvalue weighted by Crippen LogP contribution is 2.17. The maximum atomic E-state index is 12.7. The fraction of sp³-hybridized carbons (Fsp3) is 0.316. The number of nitrogens with one attached hydrogen (secondary N) is 1. The van der Waals surface area contributed by atoms with E-state index in [1.54, 1.807) is 16.9 Å². The second-order valence-corrected chi connectivity index (χ2v) is 7.20. The third kappa shape index (κ3) is 5.63.